The number of carbonyl (C=O) groups is 5. The molecule has 0 unspecified atom stereocenters. The molecule has 0 bridgehead atoms. The van der Waals surface area contributed by atoms with E-state index in [1.807, 2.05) is 27.7 Å². The lowest BCUT2D eigenvalue weighted by Crippen LogP contribution is -2.72. The molecule has 1 aromatic carbocycles. The van der Waals surface area contributed by atoms with Gasteiger partial charge in [0.15, 0.2) is 6.10 Å². The Bertz CT molecular complexity index is 1370. The Balaban J connectivity index is 1.74. The van der Waals surface area contributed by atoms with Gasteiger partial charge < -0.3 is 24.1 Å². The van der Waals surface area contributed by atoms with Crippen LogP contribution in [0.2, 0.25) is 0 Å². The zero-order valence-electron chi connectivity index (χ0n) is 26.1. The number of Topliss-reactive ketones (excluding diaryl/α,β-unsaturated/α-hetero) is 1. The van der Waals surface area contributed by atoms with Crippen LogP contribution in [0.15, 0.2) is 30.3 Å². The minimum Gasteiger partial charge on any atom is -0.461 e. The van der Waals surface area contributed by atoms with Crippen molar-refractivity contribution in [3.05, 3.63) is 35.9 Å². The van der Waals surface area contributed by atoms with Crippen molar-refractivity contribution in [2.75, 3.05) is 0 Å². The summed E-state index contributed by atoms with van der Waals surface area (Å²) in [6.45, 7) is 12.9. The lowest BCUT2D eigenvalue weighted by Gasteiger charge is -2.62. The van der Waals surface area contributed by atoms with Gasteiger partial charge in [-0.1, -0.05) is 45.9 Å². The maximum absolute atomic E-state index is 13.7. The molecule has 10 nitrogen and oxygen atoms in total. The zero-order valence-corrected chi connectivity index (χ0v) is 26.1. The van der Waals surface area contributed by atoms with Crippen LogP contribution in [-0.2, 0) is 38.1 Å². The number of ketones is 1. The van der Waals surface area contributed by atoms with Crippen molar-refractivity contribution in [1.82, 2.24) is 0 Å². The number of fused-ring (bicyclic) bond motifs is 4. The number of ether oxygens (including phenoxy) is 4. The third kappa shape index (κ3) is 4.42. The van der Waals surface area contributed by atoms with Gasteiger partial charge in [-0.3, -0.25) is 19.2 Å². The highest BCUT2D eigenvalue weighted by molar-refractivity contribution is 5.90. The number of benzene rings is 1. The first kappa shape index (κ1) is 31.2. The number of carbonyl (C=O) groups excluding carboxylic acids is 5. The predicted molar refractivity (Wildman–Crippen MR) is 151 cm³/mol. The highest BCUT2D eigenvalue weighted by Gasteiger charge is 2.83. The van der Waals surface area contributed by atoms with Gasteiger partial charge in [-0.05, 0) is 37.8 Å². The molecule has 1 N–H and O–H groups in total. The lowest BCUT2D eigenvalue weighted by molar-refractivity contribution is -0.284. The zero-order chi connectivity index (χ0) is 31.9. The first-order valence-electron chi connectivity index (χ1n) is 14.9. The molecular weight excluding hydrogens is 556 g/mol. The van der Waals surface area contributed by atoms with E-state index in [-0.39, 0.29) is 23.7 Å². The van der Waals surface area contributed by atoms with Gasteiger partial charge in [-0.15, -0.1) is 0 Å². The van der Waals surface area contributed by atoms with E-state index in [0.29, 0.717) is 12.8 Å². The van der Waals surface area contributed by atoms with Crippen LogP contribution < -0.4 is 0 Å². The first-order chi connectivity index (χ1) is 19.8. The van der Waals surface area contributed by atoms with E-state index in [9.17, 15) is 29.1 Å². The molecule has 10 atom stereocenters. The summed E-state index contributed by atoms with van der Waals surface area (Å²) in [7, 11) is 0. The summed E-state index contributed by atoms with van der Waals surface area (Å²) >= 11 is 0. The van der Waals surface area contributed by atoms with Gasteiger partial charge in [0.05, 0.1) is 11.5 Å². The molecule has 4 aliphatic carbocycles. The van der Waals surface area contributed by atoms with Crippen LogP contribution in [-0.4, -0.2) is 64.3 Å². The molecule has 43 heavy (non-hydrogen) atoms. The smallest absolute Gasteiger partial charge is 0.338 e. The molecule has 10 heteroatoms. The van der Waals surface area contributed by atoms with Gasteiger partial charge in [-0.2, -0.15) is 0 Å². The van der Waals surface area contributed by atoms with Crippen LogP contribution >= 0.6 is 0 Å². The summed E-state index contributed by atoms with van der Waals surface area (Å²) in [5.74, 6) is -4.48. The summed E-state index contributed by atoms with van der Waals surface area (Å²) in [5, 5.41) is 12.9. The van der Waals surface area contributed by atoms with Gasteiger partial charge in [-0.25, -0.2) is 4.79 Å². The maximum Gasteiger partial charge on any atom is 0.338 e. The second-order valence-corrected chi connectivity index (χ2v) is 14.4. The van der Waals surface area contributed by atoms with Crippen LogP contribution in [0.3, 0.4) is 0 Å². The molecule has 0 heterocycles. The molecule has 0 amide bonds. The highest BCUT2D eigenvalue weighted by atomic mass is 16.6. The molecule has 0 saturated heterocycles. The maximum atomic E-state index is 13.7. The molecule has 4 aliphatic rings. The largest absolute Gasteiger partial charge is 0.461 e. The molecule has 0 aromatic heterocycles. The fourth-order valence-electron chi connectivity index (χ4n) is 9.54. The molecule has 0 aliphatic heterocycles. The SMILES string of the molecule is CC(=O)O[C@@H]1[C@H]2[C@@H](OC(=O)c3ccccc3)[C@](C)(OC(C)=O)C[C@]2(O)[C@H](OC(C)=O)[C@@]2(C)[C@@H]3CC(C)(C)C(=O)[C@@H]3C[C@@]12C. The van der Waals surface area contributed by atoms with E-state index in [2.05, 4.69) is 0 Å². The van der Waals surface area contributed by atoms with Crippen molar-refractivity contribution >= 4 is 29.7 Å². The van der Waals surface area contributed by atoms with Gasteiger partial charge in [0.2, 0.25) is 0 Å². The Morgan fingerprint density at radius 3 is 1.98 bits per heavy atom. The Morgan fingerprint density at radius 2 is 1.42 bits per heavy atom. The van der Waals surface area contributed by atoms with Crippen molar-refractivity contribution in [3.63, 3.8) is 0 Å². The second kappa shape index (κ2) is 9.87. The quantitative estimate of drug-likeness (QED) is 0.393. The lowest BCUT2D eigenvalue weighted by atomic mass is 9.47. The average molecular weight is 599 g/mol. The molecule has 1 aromatic rings. The summed E-state index contributed by atoms with van der Waals surface area (Å²) in [4.78, 5) is 65.2. The average Bonchev–Trinajstić information content (AvgIpc) is 3.35. The normalized spacial score (nSPS) is 42.3. The van der Waals surface area contributed by atoms with Crippen molar-refractivity contribution < 1.29 is 48.0 Å². The Morgan fingerprint density at radius 1 is 0.814 bits per heavy atom. The van der Waals surface area contributed by atoms with Gasteiger partial charge >= 0.3 is 23.9 Å². The number of hydrogen-bond acceptors (Lipinski definition) is 10. The van der Waals surface area contributed by atoms with E-state index in [1.165, 1.54) is 20.8 Å². The topological polar surface area (TPSA) is 142 Å². The molecule has 4 fully saturated rings. The number of hydrogen-bond donors (Lipinski definition) is 1. The van der Waals surface area contributed by atoms with Gasteiger partial charge in [0, 0.05) is 49.4 Å². The summed E-state index contributed by atoms with van der Waals surface area (Å²) in [5.41, 5.74) is -6.01. The first-order valence-corrected chi connectivity index (χ1v) is 14.9. The molecule has 234 valence electrons. The molecular formula is C33H42O10. The summed E-state index contributed by atoms with van der Waals surface area (Å²) < 4.78 is 24.1. The Hall–Kier alpha value is -3.27. The molecule has 5 rings (SSSR count). The standard InChI is InChI=1S/C33H42O10/c1-17(34)40-25-23-26(42-27(38)20-12-10-9-11-13-20)31(7,43-19(3)36)16-33(23,39)28(41-18(2)35)32(8)22-15-29(4,5)24(37)21(22)14-30(25,32)6/h9-13,21-23,25-26,28,39H,14-16H2,1-8H3/t21-,22-,23+,25-,26-,28-,30+,31-,32-,33-/m1/s1. The van der Waals surface area contributed by atoms with Crippen molar-refractivity contribution in [2.45, 2.75) is 104 Å². The van der Waals surface area contributed by atoms with Crippen molar-refractivity contribution in [1.29, 1.82) is 0 Å². The van der Waals surface area contributed by atoms with Crippen molar-refractivity contribution in [2.24, 2.45) is 34.0 Å². The van der Waals surface area contributed by atoms with Gasteiger partial charge in [0.1, 0.15) is 29.2 Å². The predicted octanol–water partition coefficient (Wildman–Crippen LogP) is 3.81. The summed E-state index contributed by atoms with van der Waals surface area (Å²) in [6, 6.07) is 8.24. The number of esters is 4. The highest BCUT2D eigenvalue weighted by Crippen LogP contribution is 2.75. The van der Waals surface area contributed by atoms with Crippen LogP contribution in [0.4, 0.5) is 0 Å². The molecule has 0 radical (unpaired) electrons. The Labute approximate surface area is 251 Å². The monoisotopic (exact) mass is 598 g/mol. The van der Waals surface area contributed by atoms with E-state index in [1.54, 1.807) is 37.3 Å². The third-order valence-corrected chi connectivity index (χ3v) is 11.2. The van der Waals surface area contributed by atoms with Gasteiger partial charge in [0.25, 0.3) is 0 Å². The Kier molecular flexibility index (Phi) is 7.16. The van der Waals surface area contributed by atoms with Crippen LogP contribution in [0, 0.1) is 34.0 Å². The van der Waals surface area contributed by atoms with E-state index in [0.717, 1.165) is 0 Å². The third-order valence-electron chi connectivity index (χ3n) is 11.2. The van der Waals surface area contributed by atoms with Crippen molar-refractivity contribution in [3.8, 4) is 0 Å². The van der Waals surface area contributed by atoms with E-state index >= 15 is 0 Å². The second-order valence-electron chi connectivity index (χ2n) is 14.4. The summed E-state index contributed by atoms with van der Waals surface area (Å²) in [6.07, 6.45) is -3.06. The van der Waals surface area contributed by atoms with E-state index < -0.39 is 81.5 Å². The van der Waals surface area contributed by atoms with Crippen LogP contribution in [0.5, 0.6) is 0 Å². The minimum absolute atomic E-state index is 0.0754. The fourth-order valence-corrected chi connectivity index (χ4v) is 9.54. The fraction of sp³-hybridized carbons (Fsp3) is 0.667. The molecule has 0 spiro atoms. The molecule has 4 saturated carbocycles. The minimum atomic E-state index is -1.98. The number of rotatable bonds is 5. The number of aliphatic hydroxyl groups is 1. The van der Waals surface area contributed by atoms with Crippen LogP contribution in [0.1, 0.15) is 85.0 Å². The van der Waals surface area contributed by atoms with E-state index in [4.69, 9.17) is 18.9 Å². The van der Waals surface area contributed by atoms with Crippen LogP contribution in [0.25, 0.3) is 0 Å².